The second-order valence-corrected chi connectivity index (χ2v) is 7.30. The molecule has 2 heterocycles. The zero-order chi connectivity index (χ0) is 17.8. The molecule has 1 aromatic rings. The van der Waals surface area contributed by atoms with Crippen LogP contribution in [0.1, 0.15) is 68.6 Å². The van der Waals surface area contributed by atoms with Crippen LogP contribution >= 0.6 is 0 Å². The first-order valence-corrected chi connectivity index (χ1v) is 9.77. The largest absolute Gasteiger partial charge is 0.353 e. The number of amides is 2. The Hall–Kier alpha value is -1.85. The summed E-state index contributed by atoms with van der Waals surface area (Å²) in [4.78, 5) is 31.5. The zero-order valence-electron chi connectivity index (χ0n) is 15.5. The molecule has 1 aromatic heterocycles. The molecule has 0 bridgehead atoms. The molecule has 25 heavy (non-hydrogen) atoms. The summed E-state index contributed by atoms with van der Waals surface area (Å²) in [5.41, 5.74) is 1.56. The third-order valence-electron chi connectivity index (χ3n) is 5.53. The van der Waals surface area contributed by atoms with Gasteiger partial charge in [-0.1, -0.05) is 19.8 Å². The summed E-state index contributed by atoms with van der Waals surface area (Å²) in [5.74, 6) is 0.176. The fraction of sp³-hybridized carbons (Fsp3) is 0.737. The van der Waals surface area contributed by atoms with Crippen molar-refractivity contribution in [3.8, 4) is 0 Å². The first kappa shape index (κ1) is 18.0. The number of aromatic nitrogens is 2. The summed E-state index contributed by atoms with van der Waals surface area (Å²) in [7, 11) is 0. The Kier molecular flexibility index (Phi) is 5.76. The Morgan fingerprint density at radius 2 is 2.04 bits per heavy atom. The molecular formula is C19H30N4O2. The van der Waals surface area contributed by atoms with E-state index in [-0.39, 0.29) is 17.7 Å². The summed E-state index contributed by atoms with van der Waals surface area (Å²) in [5, 5.41) is 3.21. The summed E-state index contributed by atoms with van der Waals surface area (Å²) in [6.45, 7) is 6.17. The molecule has 1 N–H and O–H groups in total. The van der Waals surface area contributed by atoms with Gasteiger partial charge in [0, 0.05) is 25.7 Å². The number of hydrogen-bond acceptors (Lipinski definition) is 3. The monoisotopic (exact) mass is 346 g/mol. The van der Waals surface area contributed by atoms with Crippen LogP contribution in [0.2, 0.25) is 0 Å². The van der Waals surface area contributed by atoms with Gasteiger partial charge in [-0.15, -0.1) is 0 Å². The molecule has 0 aromatic carbocycles. The average molecular weight is 346 g/mol. The van der Waals surface area contributed by atoms with E-state index in [2.05, 4.69) is 17.2 Å². The van der Waals surface area contributed by atoms with Crippen molar-refractivity contribution >= 4 is 11.8 Å². The van der Waals surface area contributed by atoms with Crippen LogP contribution in [-0.2, 0) is 17.8 Å². The summed E-state index contributed by atoms with van der Waals surface area (Å²) >= 11 is 0. The number of nitrogens with one attached hydrogen (secondary N) is 1. The Bertz CT molecular complexity index is 619. The van der Waals surface area contributed by atoms with Gasteiger partial charge in [0.05, 0.1) is 17.9 Å². The predicted molar refractivity (Wildman–Crippen MR) is 96.3 cm³/mol. The topological polar surface area (TPSA) is 67.2 Å². The first-order valence-electron chi connectivity index (χ1n) is 9.77. The van der Waals surface area contributed by atoms with Gasteiger partial charge >= 0.3 is 0 Å². The SMILES string of the molecule is CCCN(CC)C(=O)c1ncn2c1CCC(C(=O)NC1CCCC1)C2. The minimum absolute atomic E-state index is 0.0110. The predicted octanol–water partition coefficient (Wildman–Crippen LogP) is 2.38. The molecule has 1 saturated carbocycles. The van der Waals surface area contributed by atoms with Crippen LogP contribution in [0.4, 0.5) is 0 Å². The lowest BCUT2D eigenvalue weighted by Crippen LogP contribution is -2.40. The molecule has 0 saturated heterocycles. The highest BCUT2D eigenvalue weighted by Gasteiger charge is 2.31. The van der Waals surface area contributed by atoms with Crippen molar-refractivity contribution in [1.29, 1.82) is 0 Å². The molecule has 2 amide bonds. The molecule has 1 atom stereocenters. The highest BCUT2D eigenvalue weighted by Crippen LogP contribution is 2.25. The van der Waals surface area contributed by atoms with Crippen molar-refractivity contribution in [3.63, 3.8) is 0 Å². The number of fused-ring (bicyclic) bond motifs is 1. The Morgan fingerprint density at radius 3 is 2.72 bits per heavy atom. The number of hydrogen-bond donors (Lipinski definition) is 1. The van der Waals surface area contributed by atoms with Crippen LogP contribution in [-0.4, -0.2) is 45.4 Å². The average Bonchev–Trinajstić information content (AvgIpc) is 3.27. The smallest absolute Gasteiger partial charge is 0.274 e. The molecule has 1 aliphatic carbocycles. The van der Waals surface area contributed by atoms with Crippen LogP contribution in [0.25, 0.3) is 0 Å². The van der Waals surface area contributed by atoms with E-state index in [1.165, 1.54) is 12.8 Å². The standard InChI is InChI=1S/C19H30N4O2/c1-3-11-22(4-2)19(25)17-16-10-9-14(12-23(16)13-20-17)18(24)21-15-7-5-6-8-15/h13-15H,3-12H2,1-2H3,(H,21,24). The van der Waals surface area contributed by atoms with E-state index >= 15 is 0 Å². The van der Waals surface area contributed by atoms with E-state index in [1.807, 2.05) is 16.4 Å². The number of rotatable bonds is 6. The minimum atomic E-state index is -0.0110. The van der Waals surface area contributed by atoms with Crippen molar-refractivity contribution in [2.24, 2.45) is 5.92 Å². The quantitative estimate of drug-likeness (QED) is 0.860. The highest BCUT2D eigenvalue weighted by molar-refractivity contribution is 5.93. The molecule has 0 spiro atoms. The van der Waals surface area contributed by atoms with E-state index in [0.717, 1.165) is 44.3 Å². The third-order valence-corrected chi connectivity index (χ3v) is 5.53. The lowest BCUT2D eigenvalue weighted by Gasteiger charge is -2.26. The summed E-state index contributed by atoms with van der Waals surface area (Å²) < 4.78 is 2.01. The maximum atomic E-state index is 12.7. The molecule has 1 fully saturated rings. The molecule has 0 radical (unpaired) electrons. The van der Waals surface area contributed by atoms with Gasteiger partial charge in [0.15, 0.2) is 0 Å². The number of nitrogens with zero attached hydrogens (tertiary/aromatic N) is 3. The van der Waals surface area contributed by atoms with Gasteiger partial charge in [-0.3, -0.25) is 9.59 Å². The van der Waals surface area contributed by atoms with Crippen LogP contribution < -0.4 is 5.32 Å². The van der Waals surface area contributed by atoms with Gasteiger partial charge in [-0.05, 0) is 39.0 Å². The van der Waals surface area contributed by atoms with Crippen LogP contribution in [0.3, 0.4) is 0 Å². The van der Waals surface area contributed by atoms with E-state index in [9.17, 15) is 9.59 Å². The molecule has 6 heteroatoms. The molecule has 138 valence electrons. The molecule has 2 aliphatic rings. The molecule has 1 aliphatic heterocycles. The van der Waals surface area contributed by atoms with Crippen molar-refractivity contribution in [2.75, 3.05) is 13.1 Å². The fourth-order valence-electron chi connectivity index (χ4n) is 4.07. The van der Waals surface area contributed by atoms with Crippen molar-refractivity contribution < 1.29 is 9.59 Å². The Balaban J connectivity index is 1.65. The van der Waals surface area contributed by atoms with Gasteiger partial charge in [-0.25, -0.2) is 4.98 Å². The van der Waals surface area contributed by atoms with Gasteiger partial charge in [0.25, 0.3) is 5.91 Å². The zero-order valence-corrected chi connectivity index (χ0v) is 15.5. The molecular weight excluding hydrogens is 316 g/mol. The molecule has 1 unspecified atom stereocenters. The summed E-state index contributed by atoms with van der Waals surface area (Å²) in [6, 6.07) is 0.362. The van der Waals surface area contributed by atoms with Crippen molar-refractivity contribution in [3.05, 3.63) is 17.7 Å². The summed E-state index contributed by atoms with van der Waals surface area (Å²) in [6.07, 6.45) is 8.88. The van der Waals surface area contributed by atoms with E-state index in [0.29, 0.717) is 24.8 Å². The van der Waals surface area contributed by atoms with Crippen LogP contribution in [0.15, 0.2) is 6.33 Å². The molecule has 6 nitrogen and oxygen atoms in total. The second-order valence-electron chi connectivity index (χ2n) is 7.30. The van der Waals surface area contributed by atoms with E-state index < -0.39 is 0 Å². The maximum Gasteiger partial charge on any atom is 0.274 e. The lowest BCUT2D eigenvalue weighted by atomic mass is 9.95. The number of carbonyl (C=O) groups excluding carboxylic acids is 2. The van der Waals surface area contributed by atoms with Crippen molar-refractivity contribution in [2.45, 2.75) is 71.4 Å². The van der Waals surface area contributed by atoms with Gasteiger partial charge in [0.2, 0.25) is 5.91 Å². The van der Waals surface area contributed by atoms with Gasteiger partial charge in [-0.2, -0.15) is 0 Å². The van der Waals surface area contributed by atoms with E-state index in [1.54, 1.807) is 6.33 Å². The first-order chi connectivity index (χ1) is 12.1. The fourth-order valence-corrected chi connectivity index (χ4v) is 4.07. The normalized spacial score (nSPS) is 20.3. The number of imidazole rings is 1. The van der Waals surface area contributed by atoms with E-state index in [4.69, 9.17) is 0 Å². The second kappa shape index (κ2) is 8.02. The maximum absolute atomic E-state index is 12.7. The van der Waals surface area contributed by atoms with Crippen molar-refractivity contribution in [1.82, 2.24) is 19.8 Å². The molecule has 3 rings (SSSR count). The van der Waals surface area contributed by atoms with Gasteiger partial charge in [0.1, 0.15) is 5.69 Å². The minimum Gasteiger partial charge on any atom is -0.353 e. The van der Waals surface area contributed by atoms with Gasteiger partial charge < -0.3 is 14.8 Å². The Morgan fingerprint density at radius 1 is 1.28 bits per heavy atom. The third kappa shape index (κ3) is 3.88. The lowest BCUT2D eigenvalue weighted by molar-refractivity contribution is -0.126. The number of carbonyl (C=O) groups is 2. The highest BCUT2D eigenvalue weighted by atomic mass is 16.2. The Labute approximate surface area is 150 Å². The van der Waals surface area contributed by atoms with Crippen LogP contribution in [0, 0.1) is 5.92 Å². The van der Waals surface area contributed by atoms with Crippen LogP contribution in [0.5, 0.6) is 0 Å².